The minimum atomic E-state index is -0.583. The first-order valence-electron chi connectivity index (χ1n) is 4.01. The molecule has 16 heavy (non-hydrogen) atoms. The van der Waals surface area contributed by atoms with E-state index in [4.69, 9.17) is 41.2 Å². The second-order valence-electron chi connectivity index (χ2n) is 2.76. The Morgan fingerprint density at radius 3 is 2.31 bits per heavy atom. The van der Waals surface area contributed by atoms with Gasteiger partial charge in [-0.05, 0) is 12.1 Å². The molecule has 0 spiro atoms. The lowest BCUT2D eigenvalue weighted by atomic mass is 10.3. The van der Waals surface area contributed by atoms with E-state index in [1.165, 1.54) is 12.1 Å². The first kappa shape index (κ1) is 13.9. The van der Waals surface area contributed by atoms with Gasteiger partial charge in [-0.15, -0.1) is 6.42 Å². The minimum Gasteiger partial charge on any atom is -0.322 e. The fourth-order valence-electron chi connectivity index (χ4n) is 0.924. The Kier molecular flexibility index (Phi) is 5.19. The van der Waals surface area contributed by atoms with Crippen molar-refractivity contribution >= 4 is 69.0 Å². The summed E-state index contributed by atoms with van der Waals surface area (Å²) in [5, 5.41) is 3.48. The number of nitrogens with one attached hydrogen (secondary N) is 1. The Hall–Kier alpha value is -0.150. The van der Waals surface area contributed by atoms with Crippen molar-refractivity contribution < 1.29 is 4.79 Å². The number of hydrogen-bond donors (Lipinski definition) is 1. The Morgan fingerprint density at radius 2 is 1.88 bits per heavy atom. The third-order valence-electron chi connectivity index (χ3n) is 1.63. The molecule has 0 heterocycles. The summed E-state index contributed by atoms with van der Waals surface area (Å²) in [6.07, 6.45) is 5.12. The van der Waals surface area contributed by atoms with Gasteiger partial charge in [0.2, 0.25) is 5.91 Å². The van der Waals surface area contributed by atoms with Crippen LogP contribution < -0.4 is 5.32 Å². The number of hydrogen-bond acceptors (Lipinski definition) is 1. The van der Waals surface area contributed by atoms with Crippen LogP contribution in [-0.4, -0.2) is 9.83 Å². The van der Waals surface area contributed by atoms with Crippen molar-refractivity contribution in [3.05, 3.63) is 27.2 Å². The molecular formula is C10H5Cl3INO. The van der Waals surface area contributed by atoms with Gasteiger partial charge in [-0.2, -0.15) is 0 Å². The lowest BCUT2D eigenvalue weighted by molar-refractivity contribution is -0.114. The molecule has 0 aliphatic rings. The zero-order valence-electron chi connectivity index (χ0n) is 7.73. The van der Waals surface area contributed by atoms with Gasteiger partial charge in [-0.1, -0.05) is 63.3 Å². The molecule has 1 rings (SSSR count). The molecule has 1 amide bonds. The lowest BCUT2D eigenvalue weighted by Gasteiger charge is -2.10. The van der Waals surface area contributed by atoms with Gasteiger partial charge in [0, 0.05) is 5.02 Å². The van der Waals surface area contributed by atoms with Crippen molar-refractivity contribution in [3.8, 4) is 12.3 Å². The number of rotatable bonds is 2. The van der Waals surface area contributed by atoms with Crippen molar-refractivity contribution in [3.63, 3.8) is 0 Å². The summed E-state index contributed by atoms with van der Waals surface area (Å²) in [5.41, 5.74) is 0.314. The maximum atomic E-state index is 11.5. The van der Waals surface area contributed by atoms with Crippen LogP contribution in [-0.2, 0) is 4.79 Å². The summed E-state index contributed by atoms with van der Waals surface area (Å²) in [6.45, 7) is 0. The quantitative estimate of drug-likeness (QED) is 0.463. The second-order valence-corrected chi connectivity index (χ2v) is 5.26. The Balaban J connectivity index is 2.99. The number of terminal acetylenes is 1. The van der Waals surface area contributed by atoms with E-state index in [0.29, 0.717) is 10.7 Å². The molecule has 1 aromatic rings. The number of carbonyl (C=O) groups excluding carboxylic acids is 1. The van der Waals surface area contributed by atoms with Gasteiger partial charge in [-0.3, -0.25) is 4.79 Å². The molecule has 1 unspecified atom stereocenters. The van der Waals surface area contributed by atoms with Gasteiger partial charge in [0.1, 0.15) is 0 Å². The van der Waals surface area contributed by atoms with Gasteiger partial charge >= 0.3 is 0 Å². The maximum Gasteiger partial charge on any atom is 0.249 e. The predicted molar refractivity (Wildman–Crippen MR) is 76.7 cm³/mol. The van der Waals surface area contributed by atoms with Crippen LogP contribution in [0.25, 0.3) is 0 Å². The van der Waals surface area contributed by atoms with E-state index in [2.05, 4.69) is 11.2 Å². The molecule has 2 nitrogen and oxygen atoms in total. The van der Waals surface area contributed by atoms with Crippen LogP contribution in [0.3, 0.4) is 0 Å². The second kappa shape index (κ2) is 5.97. The lowest BCUT2D eigenvalue weighted by Crippen LogP contribution is -2.21. The molecule has 0 radical (unpaired) electrons. The van der Waals surface area contributed by atoms with Crippen LogP contribution in [0.4, 0.5) is 5.69 Å². The molecule has 1 atom stereocenters. The molecule has 0 aromatic heterocycles. The first-order chi connectivity index (χ1) is 7.45. The van der Waals surface area contributed by atoms with Crippen LogP contribution in [0.15, 0.2) is 12.1 Å². The fourth-order valence-corrected chi connectivity index (χ4v) is 1.99. The van der Waals surface area contributed by atoms with Crippen LogP contribution in [0.5, 0.6) is 0 Å². The standard InChI is InChI=1S/C10H5Cl3INO/c1-2-8(14)10(16)15-9-6(12)3-5(11)4-7(9)13/h1,3-4,8H,(H,15,16). The molecule has 0 fully saturated rings. The van der Waals surface area contributed by atoms with E-state index in [-0.39, 0.29) is 16.0 Å². The topological polar surface area (TPSA) is 29.1 Å². The van der Waals surface area contributed by atoms with E-state index in [1.807, 2.05) is 22.6 Å². The number of alkyl halides is 1. The van der Waals surface area contributed by atoms with E-state index in [0.717, 1.165) is 0 Å². The Bertz CT molecular complexity index is 447. The summed E-state index contributed by atoms with van der Waals surface area (Å²) in [5.74, 6) is 1.95. The molecular weight excluding hydrogens is 383 g/mol. The van der Waals surface area contributed by atoms with Crippen LogP contribution in [0, 0.1) is 12.3 Å². The van der Waals surface area contributed by atoms with Crippen LogP contribution in [0.2, 0.25) is 15.1 Å². The molecule has 6 heteroatoms. The number of anilines is 1. The fraction of sp³-hybridized carbons (Fsp3) is 0.100. The number of carbonyl (C=O) groups is 1. The highest BCUT2D eigenvalue weighted by Gasteiger charge is 2.15. The van der Waals surface area contributed by atoms with E-state index in [9.17, 15) is 4.79 Å². The number of halogens is 4. The van der Waals surface area contributed by atoms with Crippen molar-refractivity contribution in [2.45, 2.75) is 3.92 Å². The van der Waals surface area contributed by atoms with Gasteiger partial charge in [0.25, 0.3) is 0 Å². The maximum absolute atomic E-state index is 11.5. The number of amides is 1. The Morgan fingerprint density at radius 1 is 1.38 bits per heavy atom. The molecule has 0 bridgehead atoms. The van der Waals surface area contributed by atoms with Gasteiger partial charge in [0.05, 0.1) is 15.7 Å². The monoisotopic (exact) mass is 387 g/mol. The zero-order chi connectivity index (χ0) is 12.3. The molecule has 0 saturated carbocycles. The van der Waals surface area contributed by atoms with Crippen molar-refractivity contribution in [1.29, 1.82) is 0 Å². The predicted octanol–water partition coefficient (Wildman–Crippen LogP) is 4.02. The van der Waals surface area contributed by atoms with Gasteiger partial charge < -0.3 is 5.32 Å². The van der Waals surface area contributed by atoms with Crippen molar-refractivity contribution in [1.82, 2.24) is 0 Å². The summed E-state index contributed by atoms with van der Waals surface area (Å²) in [4.78, 5) is 11.5. The Labute approximate surface area is 122 Å². The van der Waals surface area contributed by atoms with E-state index >= 15 is 0 Å². The highest BCUT2D eigenvalue weighted by atomic mass is 127. The van der Waals surface area contributed by atoms with E-state index in [1.54, 1.807) is 0 Å². The van der Waals surface area contributed by atoms with Gasteiger partial charge in [0.15, 0.2) is 3.92 Å². The van der Waals surface area contributed by atoms with Crippen LogP contribution >= 0.6 is 57.4 Å². The molecule has 1 aromatic carbocycles. The summed E-state index contributed by atoms with van der Waals surface area (Å²) < 4.78 is -0.583. The largest absolute Gasteiger partial charge is 0.322 e. The molecule has 0 saturated heterocycles. The summed E-state index contributed by atoms with van der Waals surface area (Å²) in [7, 11) is 0. The third kappa shape index (κ3) is 3.42. The minimum absolute atomic E-state index is 0.270. The van der Waals surface area contributed by atoms with Crippen molar-refractivity contribution in [2.75, 3.05) is 5.32 Å². The molecule has 0 aliphatic carbocycles. The summed E-state index contributed by atoms with van der Waals surface area (Å²) in [6, 6.07) is 2.98. The third-order valence-corrected chi connectivity index (χ3v) is 3.37. The SMILES string of the molecule is C#CC(I)C(=O)Nc1c(Cl)cc(Cl)cc1Cl. The van der Waals surface area contributed by atoms with E-state index < -0.39 is 3.92 Å². The summed E-state index contributed by atoms with van der Waals surface area (Å²) >= 11 is 19.3. The molecule has 84 valence electrons. The average molecular weight is 388 g/mol. The first-order valence-corrected chi connectivity index (χ1v) is 6.39. The van der Waals surface area contributed by atoms with Crippen molar-refractivity contribution in [2.24, 2.45) is 0 Å². The van der Waals surface area contributed by atoms with Gasteiger partial charge in [-0.25, -0.2) is 0 Å². The zero-order valence-corrected chi connectivity index (χ0v) is 12.2. The normalized spacial score (nSPS) is 11.7. The highest BCUT2D eigenvalue weighted by molar-refractivity contribution is 14.1. The highest BCUT2D eigenvalue weighted by Crippen LogP contribution is 2.33. The average Bonchev–Trinajstić information content (AvgIpc) is 2.21. The van der Waals surface area contributed by atoms with Crippen LogP contribution in [0.1, 0.15) is 0 Å². The number of benzene rings is 1. The molecule has 0 aliphatic heterocycles. The molecule has 1 N–H and O–H groups in total. The smallest absolute Gasteiger partial charge is 0.249 e.